The van der Waals surface area contributed by atoms with Gasteiger partial charge in [-0.05, 0) is 49.1 Å². The van der Waals surface area contributed by atoms with Gasteiger partial charge in [0, 0.05) is 56.4 Å². The van der Waals surface area contributed by atoms with Gasteiger partial charge in [0.15, 0.2) is 0 Å². The van der Waals surface area contributed by atoms with Crippen LogP contribution in [-0.4, -0.2) is 47.6 Å². The van der Waals surface area contributed by atoms with Crippen molar-refractivity contribution in [2.75, 3.05) is 37.4 Å². The number of allylic oxidation sites excluding steroid dienone is 2. The van der Waals surface area contributed by atoms with Crippen LogP contribution in [0.25, 0.3) is 16.8 Å². The lowest BCUT2D eigenvalue weighted by Gasteiger charge is -2.39. The highest BCUT2D eigenvalue weighted by Crippen LogP contribution is 2.40. The van der Waals surface area contributed by atoms with E-state index in [1.54, 1.807) is 0 Å². The molecule has 4 rings (SSSR count). The summed E-state index contributed by atoms with van der Waals surface area (Å²) in [5.41, 5.74) is 5.79. The fourth-order valence-corrected chi connectivity index (χ4v) is 4.83. The third-order valence-corrected chi connectivity index (χ3v) is 7.44. The predicted molar refractivity (Wildman–Crippen MR) is 145 cm³/mol. The second kappa shape index (κ2) is 9.80. The third kappa shape index (κ3) is 4.47. The van der Waals surface area contributed by atoms with Crippen LogP contribution in [0.15, 0.2) is 79.2 Å². The van der Waals surface area contributed by atoms with Crippen molar-refractivity contribution < 1.29 is 0 Å². The van der Waals surface area contributed by atoms with Gasteiger partial charge in [0.2, 0.25) is 0 Å². The normalized spacial score (nSPS) is 20.4. The number of H-pyrrole nitrogens is 1. The molecule has 1 aliphatic heterocycles. The summed E-state index contributed by atoms with van der Waals surface area (Å²) in [5, 5.41) is 3.30. The van der Waals surface area contributed by atoms with Crippen LogP contribution in [0.3, 0.4) is 0 Å². The fraction of sp³-hybridized carbons (Fsp3) is 0.345. The van der Waals surface area contributed by atoms with E-state index >= 15 is 0 Å². The van der Waals surface area contributed by atoms with Crippen LogP contribution in [0.1, 0.15) is 32.8 Å². The van der Waals surface area contributed by atoms with Gasteiger partial charge in [-0.3, -0.25) is 0 Å². The molecule has 1 fully saturated rings. The zero-order valence-electron chi connectivity index (χ0n) is 21.1. The summed E-state index contributed by atoms with van der Waals surface area (Å²) in [6.45, 7) is 13.0. The number of hydrogen-bond acceptors (Lipinski definition) is 4. The van der Waals surface area contributed by atoms with Crippen molar-refractivity contribution in [2.45, 2.75) is 32.7 Å². The third-order valence-electron chi connectivity index (χ3n) is 7.44. The van der Waals surface area contributed by atoms with E-state index in [1.165, 1.54) is 16.8 Å². The fourth-order valence-electron chi connectivity index (χ4n) is 4.83. The van der Waals surface area contributed by atoms with Crippen LogP contribution in [0.5, 0.6) is 0 Å². The van der Waals surface area contributed by atoms with E-state index in [4.69, 9.17) is 4.98 Å². The molecule has 3 heterocycles. The first-order chi connectivity index (χ1) is 16.4. The Kier molecular flexibility index (Phi) is 6.82. The number of hydrogen-bond donors (Lipinski definition) is 2. The molecule has 0 spiro atoms. The Hall–Kier alpha value is -3.47. The van der Waals surface area contributed by atoms with Gasteiger partial charge < -0.3 is 20.1 Å². The second-order valence-electron chi connectivity index (χ2n) is 9.53. The van der Waals surface area contributed by atoms with E-state index in [0.717, 1.165) is 42.3 Å². The summed E-state index contributed by atoms with van der Waals surface area (Å²) >= 11 is 0. The van der Waals surface area contributed by atoms with Crippen LogP contribution < -0.4 is 10.2 Å². The number of likely N-dealkylation sites (N-methyl/N-ethyl adjacent to an activating group) is 1. The van der Waals surface area contributed by atoms with Crippen molar-refractivity contribution in [2.24, 2.45) is 5.92 Å². The molecule has 0 amide bonds. The van der Waals surface area contributed by atoms with E-state index in [9.17, 15) is 0 Å². The van der Waals surface area contributed by atoms with Crippen molar-refractivity contribution >= 4 is 17.3 Å². The van der Waals surface area contributed by atoms with Crippen LogP contribution in [0.2, 0.25) is 0 Å². The summed E-state index contributed by atoms with van der Waals surface area (Å²) in [5.74, 6) is 2.48. The molecule has 0 aliphatic carbocycles. The summed E-state index contributed by atoms with van der Waals surface area (Å²) in [6, 6.07) is 16.9. The highest BCUT2D eigenvalue weighted by molar-refractivity contribution is 5.75. The van der Waals surface area contributed by atoms with Crippen LogP contribution in [0.4, 0.5) is 11.6 Å². The lowest BCUT2D eigenvalue weighted by Crippen LogP contribution is -2.50. The lowest BCUT2D eigenvalue weighted by atomic mass is 9.89. The molecule has 0 saturated carbocycles. The highest BCUT2D eigenvalue weighted by Gasteiger charge is 2.45. The molecule has 34 heavy (non-hydrogen) atoms. The van der Waals surface area contributed by atoms with E-state index in [1.807, 2.05) is 25.5 Å². The van der Waals surface area contributed by atoms with Crippen molar-refractivity contribution in [1.82, 2.24) is 14.9 Å². The van der Waals surface area contributed by atoms with Gasteiger partial charge in [0.25, 0.3) is 0 Å². The van der Waals surface area contributed by atoms with Gasteiger partial charge in [-0.1, -0.05) is 56.3 Å². The first-order valence-electron chi connectivity index (χ1n) is 12.1. The molecule has 178 valence electrons. The number of aromatic nitrogens is 2. The van der Waals surface area contributed by atoms with Crippen molar-refractivity contribution in [1.29, 1.82) is 0 Å². The monoisotopic (exact) mass is 455 g/mol. The first-order valence-corrected chi connectivity index (χ1v) is 12.1. The van der Waals surface area contributed by atoms with Crippen molar-refractivity contribution in [3.63, 3.8) is 0 Å². The molecule has 2 atom stereocenters. The molecule has 3 aromatic rings. The summed E-state index contributed by atoms with van der Waals surface area (Å²) in [6.07, 6.45) is 7.15. The quantitative estimate of drug-likeness (QED) is 0.393. The minimum atomic E-state index is -0.0655. The van der Waals surface area contributed by atoms with Gasteiger partial charge in [-0.15, -0.1) is 0 Å². The predicted octanol–water partition coefficient (Wildman–Crippen LogP) is 6.27. The zero-order chi connectivity index (χ0) is 24.3. The molecule has 1 aliphatic rings. The zero-order valence-corrected chi connectivity index (χ0v) is 21.1. The van der Waals surface area contributed by atoms with Gasteiger partial charge in [-0.2, -0.15) is 0 Å². The summed E-state index contributed by atoms with van der Waals surface area (Å²) < 4.78 is 0. The first kappa shape index (κ1) is 23.7. The number of nitrogens with zero attached hydrogens (tertiary/aromatic N) is 3. The Morgan fingerprint density at radius 3 is 2.65 bits per heavy atom. The van der Waals surface area contributed by atoms with Crippen LogP contribution in [0, 0.1) is 5.92 Å². The summed E-state index contributed by atoms with van der Waals surface area (Å²) in [7, 11) is 4.13. The maximum absolute atomic E-state index is 4.85. The van der Waals surface area contributed by atoms with Gasteiger partial charge in [0.05, 0.1) is 5.54 Å². The molecule has 0 radical (unpaired) electrons. The second-order valence-corrected chi connectivity index (χ2v) is 9.53. The van der Waals surface area contributed by atoms with Gasteiger partial charge in [0.1, 0.15) is 11.6 Å². The van der Waals surface area contributed by atoms with E-state index < -0.39 is 0 Å². The minimum Gasteiger partial charge on any atom is -0.374 e. The molecule has 0 bridgehead atoms. The average molecular weight is 456 g/mol. The largest absolute Gasteiger partial charge is 0.374 e. The molecule has 5 heteroatoms. The number of rotatable bonds is 8. The van der Waals surface area contributed by atoms with E-state index in [2.05, 4.69) is 103 Å². The van der Waals surface area contributed by atoms with Crippen LogP contribution >= 0.6 is 0 Å². The molecule has 2 N–H and O–H groups in total. The Labute approximate surface area is 204 Å². The van der Waals surface area contributed by atoms with Gasteiger partial charge in [-0.25, -0.2) is 4.98 Å². The number of pyridine rings is 1. The average Bonchev–Trinajstić information content (AvgIpc) is 3.47. The number of aromatic amines is 1. The minimum absolute atomic E-state index is 0.0655. The standard InChI is InChI=1S/C29H37N5/c1-7-21(2)17-26(25-15-16-31-28(25)30-5)34-19-22(3)29(4,20-34)33(6)27-14-13-24(18-32-27)23-11-9-8-10-12-23/h8-18,22,30-31H,2,7,19-20H2,1,3-6H3/b26-17+. The topological polar surface area (TPSA) is 47.2 Å². The van der Waals surface area contributed by atoms with E-state index in [-0.39, 0.29) is 5.54 Å². The maximum Gasteiger partial charge on any atom is 0.128 e. The maximum atomic E-state index is 4.85. The number of benzene rings is 1. The Morgan fingerprint density at radius 1 is 1.24 bits per heavy atom. The van der Waals surface area contributed by atoms with Crippen molar-refractivity contribution in [3.8, 4) is 11.1 Å². The Balaban J connectivity index is 1.61. The van der Waals surface area contributed by atoms with E-state index in [0.29, 0.717) is 5.92 Å². The van der Waals surface area contributed by atoms with Gasteiger partial charge >= 0.3 is 0 Å². The molecule has 5 nitrogen and oxygen atoms in total. The summed E-state index contributed by atoms with van der Waals surface area (Å²) in [4.78, 5) is 13.0. The molecular weight excluding hydrogens is 418 g/mol. The molecule has 2 aromatic heterocycles. The number of anilines is 2. The molecule has 2 unspecified atom stereocenters. The molecular formula is C29H37N5. The Morgan fingerprint density at radius 2 is 2.00 bits per heavy atom. The number of likely N-dealkylation sites (tertiary alicyclic amines) is 1. The SMILES string of the molecule is C=C(/C=C(\c1cc[nH]c1NC)N1CC(C)C(C)(N(C)c2ccc(-c3ccccc3)cn2)C1)CC. The molecule has 1 saturated heterocycles. The Bertz CT molecular complexity index is 1140. The highest BCUT2D eigenvalue weighted by atomic mass is 15.3. The number of nitrogens with one attached hydrogen (secondary N) is 2. The lowest BCUT2D eigenvalue weighted by molar-refractivity contribution is 0.375. The smallest absolute Gasteiger partial charge is 0.128 e. The van der Waals surface area contributed by atoms with Crippen molar-refractivity contribution in [3.05, 3.63) is 84.7 Å². The molecule has 1 aromatic carbocycles. The van der Waals surface area contributed by atoms with Crippen LogP contribution in [-0.2, 0) is 0 Å².